The average molecular weight is 313 g/mol. The summed E-state index contributed by atoms with van der Waals surface area (Å²) in [5.74, 6) is 0.788. The van der Waals surface area contributed by atoms with Crippen LogP contribution < -0.4 is 5.32 Å². The van der Waals surface area contributed by atoms with Crippen LogP contribution in [0, 0.1) is 5.92 Å². The molecule has 6 heteroatoms. The Morgan fingerprint density at radius 1 is 1.33 bits per heavy atom. The summed E-state index contributed by atoms with van der Waals surface area (Å²) < 4.78 is 10.5. The van der Waals surface area contributed by atoms with Crippen molar-refractivity contribution in [2.45, 2.75) is 25.3 Å². The first-order valence-electron chi connectivity index (χ1n) is 7.57. The van der Waals surface area contributed by atoms with E-state index in [1.54, 1.807) is 12.1 Å². The summed E-state index contributed by atoms with van der Waals surface area (Å²) in [4.78, 5) is 14.5. The van der Waals surface area contributed by atoms with Crippen molar-refractivity contribution in [2.24, 2.45) is 5.92 Å². The maximum Gasteiger partial charge on any atom is 0.287 e. The Hall–Kier alpha value is -1.04. The van der Waals surface area contributed by atoms with E-state index in [1.807, 2.05) is 0 Å². The van der Waals surface area contributed by atoms with Crippen LogP contribution in [0.4, 0.5) is 0 Å². The molecule has 1 atom stereocenters. The molecule has 0 radical (unpaired) electrons. The zero-order valence-corrected chi connectivity index (χ0v) is 12.8. The topological polar surface area (TPSA) is 54.7 Å². The SMILES string of the molecule is O=C(NC1CCN(CC2CCOC2)CC1)c1ccc(Cl)o1. The Morgan fingerprint density at radius 3 is 2.76 bits per heavy atom. The standard InChI is InChI=1S/C15H21ClN2O3/c16-14-2-1-13(21-14)15(19)17-12-3-6-18(7-4-12)9-11-5-8-20-10-11/h1-2,11-12H,3-10H2,(H,17,19). The molecule has 3 heterocycles. The summed E-state index contributed by atoms with van der Waals surface area (Å²) in [5, 5.41) is 3.26. The molecule has 116 valence electrons. The number of nitrogens with one attached hydrogen (secondary N) is 1. The first-order chi connectivity index (χ1) is 10.2. The fourth-order valence-electron chi connectivity index (χ4n) is 3.05. The fraction of sp³-hybridized carbons (Fsp3) is 0.667. The van der Waals surface area contributed by atoms with E-state index in [4.69, 9.17) is 20.8 Å². The second-order valence-electron chi connectivity index (χ2n) is 5.88. The van der Waals surface area contributed by atoms with E-state index >= 15 is 0 Å². The number of amides is 1. The van der Waals surface area contributed by atoms with Gasteiger partial charge in [0.25, 0.3) is 5.91 Å². The highest BCUT2D eigenvalue weighted by Crippen LogP contribution is 2.18. The number of hydrogen-bond donors (Lipinski definition) is 1. The van der Waals surface area contributed by atoms with E-state index < -0.39 is 0 Å². The van der Waals surface area contributed by atoms with E-state index in [-0.39, 0.29) is 22.9 Å². The number of furan rings is 1. The zero-order valence-electron chi connectivity index (χ0n) is 12.0. The van der Waals surface area contributed by atoms with Crippen LogP contribution in [-0.4, -0.2) is 49.7 Å². The molecule has 2 saturated heterocycles. The zero-order chi connectivity index (χ0) is 14.7. The Labute approximate surface area is 129 Å². The predicted octanol–water partition coefficient (Wildman–Crippen LogP) is 2.16. The van der Waals surface area contributed by atoms with Crippen molar-refractivity contribution < 1.29 is 13.9 Å². The molecule has 3 rings (SSSR count). The Kier molecular flexibility index (Phi) is 4.83. The fourth-order valence-corrected chi connectivity index (χ4v) is 3.19. The number of rotatable bonds is 4. The van der Waals surface area contributed by atoms with Crippen molar-refractivity contribution in [2.75, 3.05) is 32.8 Å². The number of carbonyl (C=O) groups is 1. The maximum atomic E-state index is 12.0. The van der Waals surface area contributed by atoms with E-state index in [1.165, 1.54) is 6.42 Å². The Bertz CT molecular complexity index is 477. The van der Waals surface area contributed by atoms with Gasteiger partial charge in [-0.05, 0) is 48.9 Å². The van der Waals surface area contributed by atoms with E-state index in [0.29, 0.717) is 5.92 Å². The highest BCUT2D eigenvalue weighted by molar-refractivity contribution is 6.29. The molecule has 5 nitrogen and oxygen atoms in total. The van der Waals surface area contributed by atoms with Crippen molar-refractivity contribution in [3.05, 3.63) is 23.1 Å². The molecule has 21 heavy (non-hydrogen) atoms. The highest BCUT2D eigenvalue weighted by Gasteiger charge is 2.25. The number of nitrogens with zero attached hydrogens (tertiary/aromatic N) is 1. The lowest BCUT2D eigenvalue weighted by Crippen LogP contribution is -2.45. The minimum absolute atomic E-state index is 0.176. The van der Waals surface area contributed by atoms with Gasteiger partial charge in [0.05, 0.1) is 6.61 Å². The molecule has 2 aliphatic rings. The third kappa shape index (κ3) is 3.99. The molecule has 1 aromatic heterocycles. The maximum absolute atomic E-state index is 12.0. The van der Waals surface area contributed by atoms with Gasteiger partial charge in [-0.25, -0.2) is 0 Å². The third-order valence-corrected chi connectivity index (χ3v) is 4.46. The van der Waals surface area contributed by atoms with Crippen LogP contribution >= 0.6 is 11.6 Å². The first kappa shape index (κ1) is 14.9. The molecular formula is C15H21ClN2O3. The van der Waals surface area contributed by atoms with Crippen molar-refractivity contribution in [1.29, 1.82) is 0 Å². The lowest BCUT2D eigenvalue weighted by Gasteiger charge is -2.33. The summed E-state index contributed by atoms with van der Waals surface area (Å²) in [7, 11) is 0. The van der Waals surface area contributed by atoms with E-state index in [2.05, 4.69) is 10.2 Å². The predicted molar refractivity (Wildman–Crippen MR) is 79.6 cm³/mol. The minimum Gasteiger partial charge on any atom is -0.440 e. The van der Waals surface area contributed by atoms with Crippen LogP contribution in [0.2, 0.25) is 5.22 Å². The second-order valence-corrected chi connectivity index (χ2v) is 6.25. The monoisotopic (exact) mass is 312 g/mol. The summed E-state index contributed by atoms with van der Waals surface area (Å²) in [5.41, 5.74) is 0. The van der Waals surface area contributed by atoms with Crippen LogP contribution in [0.5, 0.6) is 0 Å². The van der Waals surface area contributed by atoms with Crippen LogP contribution in [0.1, 0.15) is 29.8 Å². The summed E-state index contributed by atoms with van der Waals surface area (Å²) in [6.07, 6.45) is 3.14. The molecule has 2 fully saturated rings. The molecule has 0 aromatic carbocycles. The largest absolute Gasteiger partial charge is 0.440 e. The first-order valence-corrected chi connectivity index (χ1v) is 7.95. The average Bonchev–Trinajstić information content (AvgIpc) is 3.12. The lowest BCUT2D eigenvalue weighted by molar-refractivity contribution is 0.0876. The number of carbonyl (C=O) groups excluding carboxylic acids is 1. The third-order valence-electron chi connectivity index (χ3n) is 4.26. The summed E-state index contributed by atoms with van der Waals surface area (Å²) >= 11 is 5.68. The number of likely N-dealkylation sites (tertiary alicyclic amines) is 1. The van der Waals surface area contributed by atoms with Crippen LogP contribution in [0.3, 0.4) is 0 Å². The van der Waals surface area contributed by atoms with Gasteiger partial charge in [0.1, 0.15) is 0 Å². The lowest BCUT2D eigenvalue weighted by atomic mass is 10.0. The molecule has 1 unspecified atom stereocenters. The number of halogens is 1. The van der Waals surface area contributed by atoms with Gasteiger partial charge in [-0.2, -0.15) is 0 Å². The smallest absolute Gasteiger partial charge is 0.287 e. The van der Waals surface area contributed by atoms with Gasteiger partial charge < -0.3 is 19.4 Å². The Morgan fingerprint density at radius 2 is 2.14 bits per heavy atom. The molecule has 2 aliphatic heterocycles. The van der Waals surface area contributed by atoms with Crippen molar-refractivity contribution >= 4 is 17.5 Å². The van der Waals surface area contributed by atoms with Crippen molar-refractivity contribution in [1.82, 2.24) is 10.2 Å². The summed E-state index contributed by atoms with van der Waals surface area (Å²) in [6.45, 7) is 4.98. The molecule has 1 amide bonds. The Balaban J connectivity index is 1.42. The van der Waals surface area contributed by atoms with Gasteiger partial charge in [0.15, 0.2) is 11.0 Å². The van der Waals surface area contributed by atoms with Gasteiger partial charge in [-0.15, -0.1) is 0 Å². The molecule has 0 spiro atoms. The molecule has 0 saturated carbocycles. The van der Waals surface area contributed by atoms with Gasteiger partial charge in [0.2, 0.25) is 0 Å². The van der Waals surface area contributed by atoms with Crippen molar-refractivity contribution in [3.63, 3.8) is 0 Å². The highest BCUT2D eigenvalue weighted by atomic mass is 35.5. The van der Waals surface area contributed by atoms with Gasteiger partial charge in [-0.3, -0.25) is 4.79 Å². The molecule has 0 bridgehead atoms. The van der Waals surface area contributed by atoms with Crippen LogP contribution in [-0.2, 0) is 4.74 Å². The number of piperidine rings is 1. The van der Waals surface area contributed by atoms with Crippen LogP contribution in [0.25, 0.3) is 0 Å². The number of hydrogen-bond acceptors (Lipinski definition) is 4. The molecule has 1 N–H and O–H groups in total. The summed E-state index contributed by atoms with van der Waals surface area (Å²) in [6, 6.07) is 3.41. The van der Waals surface area contributed by atoms with E-state index in [0.717, 1.165) is 45.7 Å². The normalized spacial score (nSPS) is 24.3. The van der Waals surface area contributed by atoms with Gasteiger partial charge >= 0.3 is 0 Å². The molecular weight excluding hydrogens is 292 g/mol. The molecule has 0 aliphatic carbocycles. The van der Waals surface area contributed by atoms with Gasteiger partial charge in [-0.1, -0.05) is 0 Å². The number of ether oxygens (including phenoxy) is 1. The van der Waals surface area contributed by atoms with E-state index in [9.17, 15) is 4.79 Å². The second kappa shape index (κ2) is 6.81. The van der Waals surface area contributed by atoms with Crippen LogP contribution in [0.15, 0.2) is 16.5 Å². The molecule has 1 aromatic rings. The minimum atomic E-state index is -0.176. The van der Waals surface area contributed by atoms with Crippen molar-refractivity contribution in [3.8, 4) is 0 Å². The van der Waals surface area contributed by atoms with Gasteiger partial charge in [0, 0.05) is 32.3 Å². The quantitative estimate of drug-likeness (QED) is 0.925.